The van der Waals surface area contributed by atoms with E-state index >= 15 is 0 Å². The first kappa shape index (κ1) is 14.9. The molecule has 1 unspecified atom stereocenters. The van der Waals surface area contributed by atoms with Gasteiger partial charge in [-0.25, -0.2) is 4.98 Å². The maximum Gasteiger partial charge on any atom is 0.184 e. The maximum absolute atomic E-state index is 6.23. The van der Waals surface area contributed by atoms with E-state index in [-0.39, 0.29) is 6.04 Å². The minimum Gasteiger partial charge on any atom is -0.355 e. The molecule has 1 heterocycles. The van der Waals surface area contributed by atoms with Gasteiger partial charge in [-0.15, -0.1) is 0 Å². The molecule has 21 heavy (non-hydrogen) atoms. The van der Waals surface area contributed by atoms with Gasteiger partial charge in [0.15, 0.2) is 5.13 Å². The average Bonchev–Trinajstić information content (AvgIpc) is 2.82. The molecule has 0 bridgehead atoms. The Kier molecular flexibility index (Phi) is 4.27. The minimum absolute atomic E-state index is 0.0223. The van der Waals surface area contributed by atoms with E-state index in [1.54, 1.807) is 6.07 Å². The molecule has 0 aliphatic carbocycles. The number of rotatable bonds is 3. The predicted molar refractivity (Wildman–Crippen MR) is 93.1 cm³/mol. The standard InChI is InChI=1S/C15H11Cl3N2S/c1-8(10-6-5-9(16)7-12(10)18)19-15-20-13-4-2-3-11(17)14(13)21-15/h2-8H,1H3,(H,19,20). The van der Waals surface area contributed by atoms with Crippen LogP contribution in [-0.4, -0.2) is 4.98 Å². The summed E-state index contributed by atoms with van der Waals surface area (Å²) in [4.78, 5) is 4.54. The van der Waals surface area contributed by atoms with Gasteiger partial charge in [0, 0.05) is 10.0 Å². The molecule has 2 nitrogen and oxygen atoms in total. The van der Waals surface area contributed by atoms with Crippen molar-refractivity contribution in [3.8, 4) is 0 Å². The van der Waals surface area contributed by atoms with Crippen molar-refractivity contribution in [3.05, 3.63) is 57.0 Å². The molecule has 1 atom stereocenters. The molecule has 3 rings (SSSR count). The molecule has 0 radical (unpaired) electrons. The van der Waals surface area contributed by atoms with Gasteiger partial charge < -0.3 is 5.32 Å². The van der Waals surface area contributed by atoms with Crippen molar-refractivity contribution >= 4 is 61.5 Å². The van der Waals surface area contributed by atoms with Crippen LogP contribution in [0.5, 0.6) is 0 Å². The SMILES string of the molecule is CC(Nc1nc2cccc(Cl)c2s1)c1ccc(Cl)cc1Cl. The lowest BCUT2D eigenvalue weighted by Gasteiger charge is -2.14. The Morgan fingerprint density at radius 1 is 1.10 bits per heavy atom. The van der Waals surface area contributed by atoms with Crippen LogP contribution in [0.2, 0.25) is 15.1 Å². The van der Waals surface area contributed by atoms with Crippen molar-refractivity contribution in [1.82, 2.24) is 4.98 Å². The first-order chi connectivity index (χ1) is 10.0. The molecule has 108 valence electrons. The van der Waals surface area contributed by atoms with E-state index < -0.39 is 0 Å². The van der Waals surface area contributed by atoms with E-state index in [1.807, 2.05) is 37.3 Å². The number of halogens is 3. The average molecular weight is 358 g/mol. The first-order valence-corrected chi connectivity index (χ1v) is 8.26. The predicted octanol–water partition coefficient (Wildman–Crippen LogP) is 6.43. The Morgan fingerprint density at radius 2 is 1.90 bits per heavy atom. The molecule has 0 aliphatic rings. The van der Waals surface area contributed by atoms with Crippen molar-refractivity contribution in [2.24, 2.45) is 0 Å². The van der Waals surface area contributed by atoms with Crippen molar-refractivity contribution < 1.29 is 0 Å². The van der Waals surface area contributed by atoms with E-state index in [1.165, 1.54) is 11.3 Å². The second-order valence-corrected chi connectivity index (χ2v) is 6.89. The number of hydrogen-bond donors (Lipinski definition) is 1. The number of anilines is 1. The van der Waals surface area contributed by atoms with Gasteiger partial charge >= 0.3 is 0 Å². The van der Waals surface area contributed by atoms with Crippen LogP contribution >= 0.6 is 46.1 Å². The fourth-order valence-corrected chi connectivity index (χ4v) is 3.91. The highest BCUT2D eigenvalue weighted by atomic mass is 35.5. The van der Waals surface area contributed by atoms with Crippen LogP contribution in [0.3, 0.4) is 0 Å². The number of fused-ring (bicyclic) bond motifs is 1. The Morgan fingerprint density at radius 3 is 2.62 bits per heavy atom. The summed E-state index contributed by atoms with van der Waals surface area (Å²) in [6.07, 6.45) is 0. The van der Waals surface area contributed by atoms with Crippen LogP contribution < -0.4 is 5.32 Å². The van der Waals surface area contributed by atoms with Crippen LogP contribution in [0.25, 0.3) is 10.2 Å². The normalized spacial score (nSPS) is 12.6. The van der Waals surface area contributed by atoms with Crippen LogP contribution in [-0.2, 0) is 0 Å². The lowest BCUT2D eigenvalue weighted by molar-refractivity contribution is 0.883. The molecule has 0 spiro atoms. The third kappa shape index (κ3) is 3.11. The molecule has 0 saturated heterocycles. The fraction of sp³-hybridized carbons (Fsp3) is 0.133. The van der Waals surface area contributed by atoms with Gasteiger partial charge in [-0.3, -0.25) is 0 Å². The molecule has 2 aromatic carbocycles. The van der Waals surface area contributed by atoms with Gasteiger partial charge in [-0.05, 0) is 36.8 Å². The third-order valence-electron chi connectivity index (χ3n) is 3.14. The highest BCUT2D eigenvalue weighted by Crippen LogP contribution is 2.34. The minimum atomic E-state index is 0.0223. The molecule has 1 N–H and O–H groups in total. The molecule has 0 fully saturated rings. The Hall–Kier alpha value is -1.000. The van der Waals surface area contributed by atoms with E-state index in [9.17, 15) is 0 Å². The lowest BCUT2D eigenvalue weighted by atomic mass is 10.1. The number of thiazole rings is 1. The monoisotopic (exact) mass is 356 g/mol. The molecular weight excluding hydrogens is 347 g/mol. The van der Waals surface area contributed by atoms with Gasteiger partial charge in [0.05, 0.1) is 21.3 Å². The highest BCUT2D eigenvalue weighted by molar-refractivity contribution is 7.22. The topological polar surface area (TPSA) is 24.9 Å². The first-order valence-electron chi connectivity index (χ1n) is 6.31. The van der Waals surface area contributed by atoms with Crippen LogP contribution in [0.15, 0.2) is 36.4 Å². The van der Waals surface area contributed by atoms with E-state index in [2.05, 4.69) is 10.3 Å². The number of hydrogen-bond acceptors (Lipinski definition) is 3. The summed E-state index contributed by atoms with van der Waals surface area (Å²) in [5, 5.41) is 6.16. The summed E-state index contributed by atoms with van der Waals surface area (Å²) in [6.45, 7) is 2.03. The van der Waals surface area contributed by atoms with E-state index in [4.69, 9.17) is 34.8 Å². The Balaban J connectivity index is 1.89. The van der Waals surface area contributed by atoms with Gasteiger partial charge in [0.25, 0.3) is 0 Å². The van der Waals surface area contributed by atoms with Crippen molar-refractivity contribution in [2.45, 2.75) is 13.0 Å². The molecule has 1 aromatic heterocycles. The second-order valence-electron chi connectivity index (χ2n) is 4.64. The maximum atomic E-state index is 6.23. The Bertz CT molecular complexity index is 801. The lowest BCUT2D eigenvalue weighted by Crippen LogP contribution is -2.06. The van der Waals surface area contributed by atoms with Gasteiger partial charge in [-0.1, -0.05) is 58.3 Å². The molecule has 3 aromatic rings. The number of aromatic nitrogens is 1. The molecule has 0 aliphatic heterocycles. The van der Waals surface area contributed by atoms with Crippen LogP contribution in [0.4, 0.5) is 5.13 Å². The molecule has 0 saturated carbocycles. The third-order valence-corrected chi connectivity index (χ3v) is 5.16. The highest BCUT2D eigenvalue weighted by Gasteiger charge is 2.13. The summed E-state index contributed by atoms with van der Waals surface area (Å²) in [6, 6.07) is 11.2. The summed E-state index contributed by atoms with van der Waals surface area (Å²) in [5.41, 5.74) is 1.87. The summed E-state index contributed by atoms with van der Waals surface area (Å²) in [5.74, 6) is 0. The zero-order chi connectivity index (χ0) is 15.0. The van der Waals surface area contributed by atoms with E-state index in [0.717, 1.165) is 25.9 Å². The quantitative estimate of drug-likeness (QED) is 0.584. The molecule has 0 amide bonds. The summed E-state index contributed by atoms with van der Waals surface area (Å²) in [7, 11) is 0. The van der Waals surface area contributed by atoms with Gasteiger partial charge in [0.1, 0.15) is 0 Å². The second kappa shape index (κ2) is 6.01. The summed E-state index contributed by atoms with van der Waals surface area (Å²) < 4.78 is 0.982. The largest absolute Gasteiger partial charge is 0.355 e. The zero-order valence-electron chi connectivity index (χ0n) is 11.0. The number of benzene rings is 2. The van der Waals surface area contributed by atoms with Crippen molar-refractivity contribution in [3.63, 3.8) is 0 Å². The summed E-state index contributed by atoms with van der Waals surface area (Å²) >= 11 is 19.9. The smallest absolute Gasteiger partial charge is 0.184 e. The fourth-order valence-electron chi connectivity index (χ4n) is 2.09. The van der Waals surface area contributed by atoms with E-state index in [0.29, 0.717) is 10.0 Å². The van der Waals surface area contributed by atoms with Crippen molar-refractivity contribution in [2.75, 3.05) is 5.32 Å². The number of nitrogens with one attached hydrogen (secondary N) is 1. The molecule has 6 heteroatoms. The molecular formula is C15H11Cl3N2S. The van der Waals surface area contributed by atoms with Crippen molar-refractivity contribution in [1.29, 1.82) is 0 Å². The van der Waals surface area contributed by atoms with Crippen LogP contribution in [0.1, 0.15) is 18.5 Å². The van der Waals surface area contributed by atoms with Gasteiger partial charge in [-0.2, -0.15) is 0 Å². The van der Waals surface area contributed by atoms with Gasteiger partial charge in [0.2, 0.25) is 0 Å². The van der Waals surface area contributed by atoms with Crippen LogP contribution in [0, 0.1) is 0 Å². The zero-order valence-corrected chi connectivity index (χ0v) is 14.1. The Labute approximate surface area is 141 Å². The number of nitrogens with zero attached hydrogens (tertiary/aromatic N) is 1.